The Balaban J connectivity index is 2.85. The highest BCUT2D eigenvalue weighted by molar-refractivity contribution is 6.30. The standard InChI is InChI=1S/C11H16ClN3O2/c1-6-8(12)13-7(2)14-9(6)15-10(16)17-11(3,4)5/h1-5H3,(H,13,14,15,16). The van der Waals surface area contributed by atoms with Crippen molar-refractivity contribution in [3.8, 4) is 0 Å². The molecule has 0 fully saturated rings. The maximum atomic E-state index is 11.6. The molecular formula is C11H16ClN3O2. The van der Waals surface area contributed by atoms with Crippen LogP contribution in [-0.4, -0.2) is 21.7 Å². The number of nitrogens with zero attached hydrogens (tertiary/aromatic N) is 2. The molecule has 0 saturated heterocycles. The number of hydrogen-bond acceptors (Lipinski definition) is 4. The van der Waals surface area contributed by atoms with Gasteiger partial charge in [0.15, 0.2) is 0 Å². The number of anilines is 1. The van der Waals surface area contributed by atoms with Crippen molar-refractivity contribution in [2.24, 2.45) is 0 Å². The van der Waals surface area contributed by atoms with E-state index in [9.17, 15) is 4.79 Å². The summed E-state index contributed by atoms with van der Waals surface area (Å²) in [7, 11) is 0. The second kappa shape index (κ2) is 4.87. The van der Waals surface area contributed by atoms with E-state index in [0.717, 1.165) is 0 Å². The van der Waals surface area contributed by atoms with Crippen molar-refractivity contribution in [2.75, 3.05) is 5.32 Å². The zero-order valence-electron chi connectivity index (χ0n) is 10.6. The van der Waals surface area contributed by atoms with Gasteiger partial charge in [-0.15, -0.1) is 0 Å². The van der Waals surface area contributed by atoms with E-state index in [1.807, 2.05) is 0 Å². The van der Waals surface area contributed by atoms with Crippen LogP contribution in [0.1, 0.15) is 32.2 Å². The molecule has 1 amide bonds. The summed E-state index contributed by atoms with van der Waals surface area (Å²) in [5, 5.41) is 2.87. The van der Waals surface area contributed by atoms with Gasteiger partial charge in [-0.2, -0.15) is 0 Å². The van der Waals surface area contributed by atoms with Crippen LogP contribution in [0, 0.1) is 13.8 Å². The van der Waals surface area contributed by atoms with Crippen molar-refractivity contribution in [3.05, 3.63) is 16.5 Å². The summed E-state index contributed by atoms with van der Waals surface area (Å²) in [6.45, 7) is 8.80. The quantitative estimate of drug-likeness (QED) is 0.785. The van der Waals surface area contributed by atoms with Gasteiger partial charge >= 0.3 is 6.09 Å². The summed E-state index contributed by atoms with van der Waals surface area (Å²) in [6.07, 6.45) is -0.560. The summed E-state index contributed by atoms with van der Waals surface area (Å²) in [4.78, 5) is 19.6. The Morgan fingerprint density at radius 3 is 2.41 bits per heavy atom. The third-order valence-electron chi connectivity index (χ3n) is 1.82. The Bertz CT molecular complexity index is 441. The molecule has 17 heavy (non-hydrogen) atoms. The lowest BCUT2D eigenvalue weighted by Gasteiger charge is -2.20. The van der Waals surface area contributed by atoms with Crippen molar-refractivity contribution in [1.82, 2.24) is 9.97 Å². The molecule has 0 aliphatic heterocycles. The summed E-state index contributed by atoms with van der Waals surface area (Å²) in [5.74, 6) is 0.864. The summed E-state index contributed by atoms with van der Waals surface area (Å²) in [5.41, 5.74) is 0.0623. The Hall–Kier alpha value is -1.36. The van der Waals surface area contributed by atoms with E-state index in [1.54, 1.807) is 34.6 Å². The molecule has 0 atom stereocenters. The highest BCUT2D eigenvalue weighted by atomic mass is 35.5. The van der Waals surface area contributed by atoms with Gasteiger partial charge in [0.25, 0.3) is 0 Å². The minimum Gasteiger partial charge on any atom is -0.444 e. The highest BCUT2D eigenvalue weighted by Gasteiger charge is 2.18. The van der Waals surface area contributed by atoms with E-state index < -0.39 is 11.7 Å². The zero-order chi connectivity index (χ0) is 13.2. The fourth-order valence-electron chi connectivity index (χ4n) is 1.12. The summed E-state index contributed by atoms with van der Waals surface area (Å²) in [6, 6.07) is 0. The number of halogens is 1. The van der Waals surface area contributed by atoms with Gasteiger partial charge in [-0.25, -0.2) is 14.8 Å². The molecule has 94 valence electrons. The molecule has 1 rings (SSSR count). The normalized spacial score (nSPS) is 11.2. The molecule has 1 heterocycles. The first-order chi connectivity index (χ1) is 7.69. The van der Waals surface area contributed by atoms with Crippen LogP contribution in [0.15, 0.2) is 0 Å². The molecule has 0 aromatic carbocycles. The smallest absolute Gasteiger partial charge is 0.413 e. The number of carbonyl (C=O) groups excluding carboxylic acids is 1. The molecule has 0 aliphatic carbocycles. The molecule has 0 spiro atoms. The van der Waals surface area contributed by atoms with Crippen LogP contribution in [0.4, 0.5) is 10.6 Å². The topological polar surface area (TPSA) is 64.1 Å². The molecule has 0 radical (unpaired) electrons. The van der Waals surface area contributed by atoms with E-state index in [-0.39, 0.29) is 0 Å². The first-order valence-electron chi connectivity index (χ1n) is 5.20. The van der Waals surface area contributed by atoms with E-state index in [2.05, 4.69) is 15.3 Å². The highest BCUT2D eigenvalue weighted by Crippen LogP contribution is 2.20. The number of rotatable bonds is 1. The Morgan fingerprint density at radius 1 is 1.29 bits per heavy atom. The van der Waals surface area contributed by atoms with Gasteiger partial charge < -0.3 is 4.74 Å². The van der Waals surface area contributed by atoms with Crippen molar-refractivity contribution in [3.63, 3.8) is 0 Å². The van der Waals surface area contributed by atoms with Crippen LogP contribution in [0.25, 0.3) is 0 Å². The Kier molecular flexibility index (Phi) is 3.93. The maximum Gasteiger partial charge on any atom is 0.413 e. The van der Waals surface area contributed by atoms with Gasteiger partial charge in [0, 0.05) is 5.56 Å². The van der Waals surface area contributed by atoms with Crippen molar-refractivity contribution in [2.45, 2.75) is 40.2 Å². The predicted octanol–water partition coefficient (Wildman–Crippen LogP) is 3.09. The Labute approximate surface area is 106 Å². The van der Waals surface area contributed by atoms with Crippen LogP contribution < -0.4 is 5.32 Å². The van der Waals surface area contributed by atoms with Gasteiger partial charge in [-0.3, -0.25) is 5.32 Å². The average Bonchev–Trinajstić information content (AvgIpc) is 2.10. The lowest BCUT2D eigenvalue weighted by molar-refractivity contribution is 0.0635. The minimum absolute atomic E-state index is 0.323. The molecule has 0 saturated carbocycles. The molecule has 0 unspecified atom stereocenters. The molecule has 0 aliphatic rings. The largest absolute Gasteiger partial charge is 0.444 e. The minimum atomic E-state index is -0.560. The average molecular weight is 258 g/mol. The monoisotopic (exact) mass is 257 g/mol. The van der Waals surface area contributed by atoms with Gasteiger partial charge in [-0.1, -0.05) is 11.6 Å². The van der Waals surface area contributed by atoms with Crippen molar-refractivity contribution in [1.29, 1.82) is 0 Å². The lowest BCUT2D eigenvalue weighted by Crippen LogP contribution is -2.27. The second-order valence-electron chi connectivity index (χ2n) is 4.66. The predicted molar refractivity (Wildman–Crippen MR) is 66.4 cm³/mol. The van der Waals surface area contributed by atoms with Crippen LogP contribution in [0.3, 0.4) is 0 Å². The first-order valence-corrected chi connectivity index (χ1v) is 5.57. The SMILES string of the molecule is Cc1nc(Cl)c(C)c(NC(=O)OC(C)(C)C)n1. The van der Waals surface area contributed by atoms with E-state index in [0.29, 0.717) is 22.4 Å². The van der Waals surface area contributed by atoms with Gasteiger partial charge in [-0.05, 0) is 34.6 Å². The second-order valence-corrected chi connectivity index (χ2v) is 5.02. The molecule has 1 aromatic heterocycles. The molecule has 1 aromatic rings. The van der Waals surface area contributed by atoms with Crippen LogP contribution >= 0.6 is 11.6 Å². The van der Waals surface area contributed by atoms with E-state index in [1.165, 1.54) is 0 Å². The van der Waals surface area contributed by atoms with E-state index in [4.69, 9.17) is 16.3 Å². The van der Waals surface area contributed by atoms with Crippen LogP contribution in [0.5, 0.6) is 0 Å². The van der Waals surface area contributed by atoms with Crippen molar-refractivity contribution < 1.29 is 9.53 Å². The molecular weight excluding hydrogens is 242 g/mol. The summed E-state index contributed by atoms with van der Waals surface area (Å²) < 4.78 is 5.12. The third kappa shape index (κ3) is 4.19. The summed E-state index contributed by atoms with van der Waals surface area (Å²) >= 11 is 5.89. The zero-order valence-corrected chi connectivity index (χ0v) is 11.3. The number of carbonyl (C=O) groups is 1. The third-order valence-corrected chi connectivity index (χ3v) is 2.19. The number of hydrogen-bond donors (Lipinski definition) is 1. The van der Waals surface area contributed by atoms with Crippen molar-refractivity contribution >= 4 is 23.5 Å². The Morgan fingerprint density at radius 2 is 1.88 bits per heavy atom. The van der Waals surface area contributed by atoms with Gasteiger partial charge in [0.2, 0.25) is 0 Å². The first kappa shape index (κ1) is 13.7. The fourth-order valence-corrected chi connectivity index (χ4v) is 1.33. The number of aromatic nitrogens is 2. The van der Waals surface area contributed by atoms with Gasteiger partial charge in [0.1, 0.15) is 22.4 Å². The molecule has 6 heteroatoms. The maximum absolute atomic E-state index is 11.6. The van der Waals surface area contributed by atoms with E-state index >= 15 is 0 Å². The molecule has 5 nitrogen and oxygen atoms in total. The van der Waals surface area contributed by atoms with Gasteiger partial charge in [0.05, 0.1) is 0 Å². The number of ether oxygens (including phenoxy) is 1. The van der Waals surface area contributed by atoms with Crippen LogP contribution in [-0.2, 0) is 4.74 Å². The number of amides is 1. The molecule has 0 bridgehead atoms. The fraction of sp³-hybridized carbons (Fsp3) is 0.545. The number of aryl methyl sites for hydroxylation is 1. The van der Waals surface area contributed by atoms with Crippen LogP contribution in [0.2, 0.25) is 5.15 Å². The lowest BCUT2D eigenvalue weighted by atomic mass is 10.2. The number of nitrogens with one attached hydrogen (secondary N) is 1. The molecule has 1 N–H and O–H groups in total.